The fourth-order valence-corrected chi connectivity index (χ4v) is 1.88. The topological polar surface area (TPSA) is 93.5 Å². The van der Waals surface area contributed by atoms with Gasteiger partial charge in [0.2, 0.25) is 0 Å². The molecule has 0 aliphatic carbocycles. The summed E-state index contributed by atoms with van der Waals surface area (Å²) in [7, 11) is 1.73. The lowest BCUT2D eigenvalue weighted by Crippen LogP contribution is -2.33. The van der Waals surface area contributed by atoms with Crippen LogP contribution in [0.4, 0.5) is 0 Å². The van der Waals surface area contributed by atoms with Crippen molar-refractivity contribution in [2.24, 2.45) is 7.05 Å². The van der Waals surface area contributed by atoms with E-state index in [0.717, 1.165) is 0 Å². The lowest BCUT2D eigenvalue weighted by Gasteiger charge is -2.11. The molecule has 2 N–H and O–H groups in total. The van der Waals surface area contributed by atoms with Gasteiger partial charge in [-0.3, -0.25) is 9.48 Å². The second-order valence-corrected chi connectivity index (χ2v) is 4.28. The summed E-state index contributed by atoms with van der Waals surface area (Å²) >= 11 is 0. The van der Waals surface area contributed by atoms with E-state index in [4.69, 9.17) is 9.84 Å². The van der Waals surface area contributed by atoms with Gasteiger partial charge in [0.1, 0.15) is 0 Å². The average Bonchev–Trinajstić information content (AvgIpc) is 2.94. The van der Waals surface area contributed by atoms with E-state index in [-0.39, 0.29) is 12.0 Å². The van der Waals surface area contributed by atoms with Crippen molar-refractivity contribution in [3.63, 3.8) is 0 Å². The second kappa shape index (κ2) is 5.18. The second-order valence-electron chi connectivity index (χ2n) is 4.28. The van der Waals surface area contributed by atoms with Crippen LogP contribution < -0.4 is 5.32 Å². The van der Waals surface area contributed by atoms with Crippen LogP contribution in [0.25, 0.3) is 0 Å². The molecule has 2 rings (SSSR count). The van der Waals surface area contributed by atoms with Crippen LogP contribution >= 0.6 is 0 Å². The van der Waals surface area contributed by atoms with Crippen LogP contribution in [-0.2, 0) is 16.6 Å². The molecule has 0 spiro atoms. The van der Waals surface area contributed by atoms with Crippen LogP contribution in [-0.4, -0.2) is 45.5 Å². The van der Waals surface area contributed by atoms with Gasteiger partial charge < -0.3 is 15.2 Å². The highest BCUT2D eigenvalue weighted by Gasteiger charge is 2.30. The van der Waals surface area contributed by atoms with E-state index < -0.39 is 12.1 Å². The molecule has 1 aliphatic rings. The van der Waals surface area contributed by atoms with Gasteiger partial charge in [0, 0.05) is 19.8 Å². The van der Waals surface area contributed by atoms with Crippen LogP contribution in [0.2, 0.25) is 0 Å². The van der Waals surface area contributed by atoms with Crippen molar-refractivity contribution in [2.45, 2.75) is 25.0 Å². The van der Waals surface area contributed by atoms with Gasteiger partial charge >= 0.3 is 5.97 Å². The van der Waals surface area contributed by atoms with Crippen LogP contribution in [0.5, 0.6) is 0 Å². The number of carbonyl (C=O) groups is 2. The summed E-state index contributed by atoms with van der Waals surface area (Å²) < 4.78 is 6.82. The van der Waals surface area contributed by atoms with Gasteiger partial charge in [-0.1, -0.05) is 0 Å². The zero-order valence-corrected chi connectivity index (χ0v) is 10.00. The molecular formula is C11H15N3O4. The molecule has 0 bridgehead atoms. The number of rotatable bonds is 4. The number of nitrogens with one attached hydrogen (secondary N) is 1. The summed E-state index contributed by atoms with van der Waals surface area (Å²) in [5.74, 6) is -1.18. The molecule has 1 aliphatic heterocycles. The summed E-state index contributed by atoms with van der Waals surface area (Å²) in [6.45, 7) is 0.317. The van der Waals surface area contributed by atoms with Crippen LogP contribution in [0, 0.1) is 0 Å². The predicted molar refractivity (Wildman–Crippen MR) is 61.1 cm³/mol. The number of carboxylic acid groups (broad SMARTS) is 1. The zero-order chi connectivity index (χ0) is 13.1. The van der Waals surface area contributed by atoms with E-state index in [1.54, 1.807) is 17.9 Å². The first-order valence-electron chi connectivity index (χ1n) is 5.71. The molecule has 1 fully saturated rings. The Bertz CT molecular complexity index is 457. The third-order valence-electron chi connectivity index (χ3n) is 2.84. The highest BCUT2D eigenvalue weighted by molar-refractivity contribution is 5.93. The van der Waals surface area contributed by atoms with Crippen molar-refractivity contribution < 1.29 is 19.4 Å². The number of carbonyl (C=O) groups excluding carboxylic acids is 1. The van der Waals surface area contributed by atoms with Gasteiger partial charge in [-0.2, -0.15) is 5.10 Å². The highest BCUT2D eigenvalue weighted by Crippen LogP contribution is 2.19. The van der Waals surface area contributed by atoms with Gasteiger partial charge in [0.25, 0.3) is 5.91 Å². The molecule has 2 unspecified atom stereocenters. The lowest BCUT2D eigenvalue weighted by atomic mass is 10.2. The molecule has 2 heterocycles. The van der Waals surface area contributed by atoms with Gasteiger partial charge in [-0.15, -0.1) is 0 Å². The highest BCUT2D eigenvalue weighted by atomic mass is 16.5. The Morgan fingerprint density at radius 2 is 2.39 bits per heavy atom. The molecule has 1 saturated heterocycles. The first-order valence-corrected chi connectivity index (χ1v) is 5.71. The molecule has 1 aromatic rings. The van der Waals surface area contributed by atoms with Crippen molar-refractivity contribution in [2.75, 3.05) is 6.54 Å². The number of aromatic nitrogens is 2. The van der Waals surface area contributed by atoms with E-state index in [0.29, 0.717) is 24.9 Å². The minimum atomic E-state index is -0.948. The van der Waals surface area contributed by atoms with E-state index in [2.05, 4.69) is 10.4 Å². The Labute approximate surface area is 104 Å². The maximum Gasteiger partial charge on any atom is 0.332 e. The molecule has 18 heavy (non-hydrogen) atoms. The van der Waals surface area contributed by atoms with Gasteiger partial charge in [-0.05, 0) is 12.8 Å². The Morgan fingerprint density at radius 3 is 2.94 bits per heavy atom. The summed E-state index contributed by atoms with van der Waals surface area (Å²) in [6, 6.07) is 0. The quantitative estimate of drug-likeness (QED) is 0.774. The van der Waals surface area contributed by atoms with Crippen molar-refractivity contribution in [1.82, 2.24) is 15.1 Å². The molecule has 98 valence electrons. The molecule has 0 radical (unpaired) electrons. The zero-order valence-electron chi connectivity index (χ0n) is 10.00. The normalized spacial score (nSPS) is 22.9. The smallest absolute Gasteiger partial charge is 0.332 e. The Morgan fingerprint density at radius 1 is 1.61 bits per heavy atom. The maximum atomic E-state index is 11.7. The average molecular weight is 253 g/mol. The fourth-order valence-electron chi connectivity index (χ4n) is 1.88. The van der Waals surface area contributed by atoms with Gasteiger partial charge in [0.05, 0.1) is 17.9 Å². The summed E-state index contributed by atoms with van der Waals surface area (Å²) in [4.78, 5) is 22.4. The van der Waals surface area contributed by atoms with Crippen molar-refractivity contribution in [3.8, 4) is 0 Å². The number of hydrogen-bond donors (Lipinski definition) is 2. The standard InChI is InChI=1S/C11H15N3O4/c1-14-6-7(4-13-14)10(15)12-5-8-2-3-9(18-8)11(16)17/h4,6,8-9H,2-3,5H2,1H3,(H,12,15)(H,16,17). The molecule has 0 aromatic carbocycles. The van der Waals surface area contributed by atoms with Gasteiger partial charge in [-0.25, -0.2) is 4.79 Å². The van der Waals surface area contributed by atoms with Crippen molar-refractivity contribution >= 4 is 11.9 Å². The molecule has 1 amide bonds. The lowest BCUT2D eigenvalue weighted by molar-refractivity contribution is -0.149. The number of ether oxygens (including phenoxy) is 1. The van der Waals surface area contributed by atoms with E-state index in [1.807, 2.05) is 0 Å². The Kier molecular flexibility index (Phi) is 3.61. The monoisotopic (exact) mass is 253 g/mol. The molecular weight excluding hydrogens is 238 g/mol. The summed E-state index contributed by atoms with van der Waals surface area (Å²) in [6.07, 6.45) is 3.25. The van der Waals surface area contributed by atoms with Crippen molar-refractivity contribution in [3.05, 3.63) is 18.0 Å². The molecule has 0 saturated carbocycles. The Balaban J connectivity index is 1.79. The predicted octanol–water partition coefficient (Wildman–Crippen LogP) is -0.218. The Hall–Kier alpha value is -1.89. The van der Waals surface area contributed by atoms with E-state index in [9.17, 15) is 9.59 Å². The van der Waals surface area contributed by atoms with Gasteiger partial charge in [0.15, 0.2) is 6.10 Å². The van der Waals surface area contributed by atoms with Crippen LogP contribution in [0.3, 0.4) is 0 Å². The molecule has 7 nitrogen and oxygen atoms in total. The van der Waals surface area contributed by atoms with E-state index in [1.165, 1.54) is 6.20 Å². The minimum absolute atomic E-state index is 0.230. The SMILES string of the molecule is Cn1cc(C(=O)NCC2CCC(C(=O)O)O2)cn1. The maximum absolute atomic E-state index is 11.7. The molecule has 7 heteroatoms. The number of aryl methyl sites for hydroxylation is 1. The number of amides is 1. The first kappa shape index (κ1) is 12.6. The third kappa shape index (κ3) is 2.86. The molecule has 1 aromatic heterocycles. The summed E-state index contributed by atoms with van der Waals surface area (Å²) in [5.41, 5.74) is 0.477. The van der Waals surface area contributed by atoms with Crippen molar-refractivity contribution in [1.29, 1.82) is 0 Å². The number of nitrogens with zero attached hydrogens (tertiary/aromatic N) is 2. The number of aliphatic carboxylic acids is 1. The largest absolute Gasteiger partial charge is 0.479 e. The minimum Gasteiger partial charge on any atom is -0.479 e. The number of hydrogen-bond acceptors (Lipinski definition) is 4. The molecule has 2 atom stereocenters. The number of carboxylic acids is 1. The fraction of sp³-hybridized carbons (Fsp3) is 0.545. The summed E-state index contributed by atoms with van der Waals surface area (Å²) in [5, 5.41) is 15.4. The third-order valence-corrected chi connectivity index (χ3v) is 2.84. The van der Waals surface area contributed by atoms with Crippen LogP contribution in [0.15, 0.2) is 12.4 Å². The van der Waals surface area contributed by atoms with E-state index >= 15 is 0 Å². The first-order chi connectivity index (χ1) is 8.56. The van der Waals surface area contributed by atoms with Crippen LogP contribution in [0.1, 0.15) is 23.2 Å².